The van der Waals surface area contributed by atoms with E-state index in [1.165, 1.54) is 38.8 Å². The number of pyridine rings is 2. The van der Waals surface area contributed by atoms with Crippen LogP contribution >= 0.6 is 68.0 Å². The van der Waals surface area contributed by atoms with Gasteiger partial charge in [0.15, 0.2) is 0 Å². The van der Waals surface area contributed by atoms with Gasteiger partial charge in [-0.3, -0.25) is 0 Å². The van der Waals surface area contributed by atoms with Gasteiger partial charge in [-0.25, -0.2) is 39.9 Å². The second kappa shape index (κ2) is 40.6. The van der Waals surface area contributed by atoms with Crippen LogP contribution in [0.15, 0.2) is 134 Å². The van der Waals surface area contributed by atoms with Gasteiger partial charge >= 0.3 is 0 Å². The molecule has 500 valence electrons. The molecular weight excluding hydrogens is 1230 g/mol. The fourth-order valence-electron chi connectivity index (χ4n) is 6.95. The first-order valence-corrected chi connectivity index (χ1v) is 37.2. The van der Waals surface area contributed by atoms with Gasteiger partial charge in [0.25, 0.3) is 0 Å². The predicted octanol–water partition coefficient (Wildman–Crippen LogP) is 27.1. The zero-order chi connectivity index (χ0) is 68.8. The van der Waals surface area contributed by atoms with Crippen molar-refractivity contribution >= 4 is 130 Å². The van der Waals surface area contributed by atoms with E-state index in [1.54, 1.807) is 68.0 Å². The standard InChI is InChI=1S/4C11H13NS.2C10H12N2S.6C2H6.CH4/c4*1-11(2,3)10-12-8-6-4-5-7-9(8)13-10;2*1-10(2,3)9-12-7-5-4-6-11-8(7)13-9;6*1-2;/h4*4-7H,1-3H3;2*4-6H,1-3H3;6*1-2H3;1H4. The molecule has 0 radical (unpaired) electrons. The number of rotatable bonds is 0. The van der Waals surface area contributed by atoms with Crippen molar-refractivity contribution in [2.24, 2.45) is 0 Å². The maximum absolute atomic E-state index is 4.60. The number of hydrogen-bond donors (Lipinski definition) is 0. The summed E-state index contributed by atoms with van der Waals surface area (Å²) in [5, 5.41) is 7.17. The van der Waals surface area contributed by atoms with Gasteiger partial charge in [-0.15, -0.1) is 45.3 Å². The van der Waals surface area contributed by atoms with Gasteiger partial charge in [-0.2, -0.15) is 0 Å². The Labute approximate surface area is 576 Å². The topological polar surface area (TPSA) is 103 Å². The summed E-state index contributed by atoms with van der Waals surface area (Å²) in [6, 6.07) is 41.1. The Morgan fingerprint density at radius 2 is 0.385 bits per heavy atom. The van der Waals surface area contributed by atoms with Crippen molar-refractivity contribution in [3.05, 3.63) is 164 Å². The first-order valence-electron chi connectivity index (χ1n) is 32.3. The fraction of sp³-hybridized carbons (Fsp3) is 0.481. The molecule has 8 aromatic heterocycles. The van der Waals surface area contributed by atoms with E-state index in [9.17, 15) is 0 Å². The number of nitrogens with zero attached hydrogens (tertiary/aromatic N) is 8. The Bertz CT molecular complexity index is 3000. The lowest BCUT2D eigenvalue weighted by Crippen LogP contribution is -2.09. The molecule has 0 amide bonds. The van der Waals surface area contributed by atoms with E-state index >= 15 is 0 Å². The highest BCUT2D eigenvalue weighted by atomic mass is 32.1. The Morgan fingerprint density at radius 1 is 0.220 bits per heavy atom. The molecule has 0 N–H and O–H groups in total. The van der Waals surface area contributed by atoms with Gasteiger partial charge in [-0.1, -0.05) is 286 Å². The molecule has 0 aliphatic carbocycles. The minimum absolute atomic E-state index is 0. The lowest BCUT2D eigenvalue weighted by atomic mass is 9.98. The van der Waals surface area contributed by atoms with Crippen LogP contribution in [0.25, 0.3) is 61.6 Å². The lowest BCUT2D eigenvalue weighted by molar-refractivity contribution is 0.586. The van der Waals surface area contributed by atoms with Gasteiger partial charge in [0, 0.05) is 44.9 Å². The molecule has 0 spiro atoms. The Kier molecular flexibility index (Phi) is 38.1. The summed E-state index contributed by atoms with van der Waals surface area (Å²) in [6.45, 7) is 63.4. The summed E-state index contributed by atoms with van der Waals surface area (Å²) < 4.78 is 5.14. The van der Waals surface area contributed by atoms with Crippen LogP contribution in [0.5, 0.6) is 0 Å². The molecule has 0 saturated heterocycles. The molecular formula is C77H116N8S6. The quantitative estimate of drug-likeness (QED) is 0.148. The molecule has 0 unspecified atom stereocenters. The van der Waals surface area contributed by atoms with Crippen LogP contribution in [-0.2, 0) is 32.5 Å². The highest BCUT2D eigenvalue weighted by molar-refractivity contribution is 7.20. The summed E-state index contributed by atoms with van der Waals surface area (Å²) in [5.41, 5.74) is 7.46. The predicted molar refractivity (Wildman–Crippen MR) is 420 cm³/mol. The number of para-hydroxylation sites is 4. The molecule has 0 aliphatic rings. The summed E-state index contributed by atoms with van der Waals surface area (Å²) in [7, 11) is 0. The van der Waals surface area contributed by atoms with Crippen LogP contribution in [0.1, 0.15) is 245 Å². The summed E-state index contributed by atoms with van der Waals surface area (Å²) in [6.07, 6.45) is 3.62. The molecule has 14 heteroatoms. The van der Waals surface area contributed by atoms with E-state index in [4.69, 9.17) is 0 Å². The van der Waals surface area contributed by atoms with Gasteiger partial charge in [0.2, 0.25) is 0 Å². The Balaban J connectivity index is 0.00000103. The minimum Gasteiger partial charge on any atom is -0.244 e. The summed E-state index contributed by atoms with van der Waals surface area (Å²) in [5.74, 6) is 0. The van der Waals surface area contributed by atoms with Crippen molar-refractivity contribution in [3.8, 4) is 0 Å². The highest BCUT2D eigenvalue weighted by Crippen LogP contribution is 2.35. The monoisotopic (exact) mass is 1340 g/mol. The largest absolute Gasteiger partial charge is 0.244 e. The molecule has 0 saturated carbocycles. The first-order chi connectivity index (χ1) is 42.4. The van der Waals surface area contributed by atoms with Gasteiger partial charge < -0.3 is 0 Å². The molecule has 0 bridgehead atoms. The minimum atomic E-state index is 0. The zero-order valence-electron chi connectivity index (χ0n) is 60.7. The second-order valence-electron chi connectivity index (χ2n) is 25.1. The van der Waals surface area contributed by atoms with E-state index in [0.717, 1.165) is 52.8 Å². The highest BCUT2D eigenvalue weighted by Gasteiger charge is 2.23. The van der Waals surface area contributed by atoms with E-state index in [2.05, 4.69) is 237 Å². The lowest BCUT2D eigenvalue weighted by Gasteiger charge is -2.13. The van der Waals surface area contributed by atoms with Gasteiger partial charge in [0.05, 0.1) is 60.9 Å². The Hall–Kier alpha value is -5.48. The number of thiazole rings is 6. The van der Waals surface area contributed by atoms with E-state index in [1.807, 2.05) is 144 Å². The van der Waals surface area contributed by atoms with Gasteiger partial charge in [0.1, 0.15) is 30.7 Å². The molecule has 12 rings (SSSR count). The van der Waals surface area contributed by atoms with Crippen molar-refractivity contribution < 1.29 is 0 Å². The second-order valence-corrected chi connectivity index (χ2v) is 31.2. The molecule has 4 aromatic carbocycles. The van der Waals surface area contributed by atoms with Crippen molar-refractivity contribution in [3.63, 3.8) is 0 Å². The Morgan fingerprint density at radius 3 is 0.560 bits per heavy atom. The molecule has 0 fully saturated rings. The zero-order valence-corrected chi connectivity index (χ0v) is 65.6. The van der Waals surface area contributed by atoms with Crippen LogP contribution in [0.2, 0.25) is 0 Å². The smallest absolute Gasteiger partial charge is 0.143 e. The normalized spacial score (nSPS) is 10.9. The van der Waals surface area contributed by atoms with E-state index in [-0.39, 0.29) is 39.9 Å². The molecule has 8 heterocycles. The third-order valence-electron chi connectivity index (χ3n) is 11.4. The van der Waals surface area contributed by atoms with Crippen molar-refractivity contribution in [2.75, 3.05) is 0 Å². The average molecular weight is 1350 g/mol. The summed E-state index contributed by atoms with van der Waals surface area (Å²) >= 11 is 10.5. The molecule has 0 aliphatic heterocycles. The van der Waals surface area contributed by atoms with Gasteiger partial charge in [-0.05, 0) is 72.8 Å². The average Bonchev–Trinajstić information content (AvgIpc) is 1.79. The SMILES string of the molecule is C.CC.CC.CC.CC.CC.CC.CC(C)(C)c1nc2ccccc2s1.CC(C)(C)c1nc2ccccc2s1.CC(C)(C)c1nc2ccccc2s1.CC(C)(C)c1nc2ccccc2s1.CC(C)(C)c1nc2cccnc2s1.CC(C)(C)c1nc2cccnc2s1. The maximum atomic E-state index is 4.60. The van der Waals surface area contributed by atoms with Crippen molar-refractivity contribution in [1.29, 1.82) is 0 Å². The molecule has 12 aromatic rings. The summed E-state index contributed by atoms with van der Waals surface area (Å²) in [4.78, 5) is 38.1. The first kappa shape index (κ1) is 85.5. The maximum Gasteiger partial charge on any atom is 0.143 e. The van der Waals surface area contributed by atoms with Crippen LogP contribution in [0.3, 0.4) is 0 Å². The van der Waals surface area contributed by atoms with Crippen LogP contribution in [0.4, 0.5) is 0 Å². The van der Waals surface area contributed by atoms with E-state index < -0.39 is 0 Å². The third-order valence-corrected chi connectivity index (χ3v) is 20.0. The number of hydrogen-bond acceptors (Lipinski definition) is 14. The van der Waals surface area contributed by atoms with E-state index in [0.29, 0.717) is 0 Å². The molecule has 0 atom stereocenters. The number of fused-ring (bicyclic) bond motifs is 6. The van der Waals surface area contributed by atoms with Crippen molar-refractivity contribution in [1.82, 2.24) is 39.9 Å². The molecule has 91 heavy (non-hydrogen) atoms. The number of aromatic nitrogens is 8. The fourth-order valence-corrected chi connectivity index (χ4v) is 13.0. The third kappa shape index (κ3) is 27.6. The van der Waals surface area contributed by atoms with Crippen LogP contribution < -0.4 is 0 Å². The van der Waals surface area contributed by atoms with Crippen molar-refractivity contribution in [2.45, 2.75) is 248 Å². The van der Waals surface area contributed by atoms with Crippen LogP contribution in [-0.4, -0.2) is 39.9 Å². The molecule has 8 nitrogen and oxygen atoms in total. The number of benzene rings is 4. The van der Waals surface area contributed by atoms with Crippen LogP contribution in [0, 0.1) is 0 Å².